The van der Waals surface area contributed by atoms with Gasteiger partial charge >= 0.3 is 29.6 Å². The second-order valence-electron chi connectivity index (χ2n) is 2.15. The van der Waals surface area contributed by atoms with Crippen molar-refractivity contribution in [3.8, 4) is 0 Å². The van der Waals surface area contributed by atoms with Crippen LogP contribution in [0.4, 0.5) is 0 Å². The van der Waals surface area contributed by atoms with E-state index in [-0.39, 0.29) is 29.6 Å². The standard InChI is InChI=1S/C8H10.Na.H/c1-7-3-5-8(2)6-4-7;;/h3-6H,1-2H3;;. The quantitative estimate of drug-likeness (QED) is 0.468. The van der Waals surface area contributed by atoms with Gasteiger partial charge < -0.3 is 0 Å². The molecule has 0 saturated heterocycles. The van der Waals surface area contributed by atoms with Gasteiger partial charge in [0.15, 0.2) is 0 Å². The molecule has 0 N–H and O–H groups in total. The molecule has 0 aliphatic heterocycles. The number of rotatable bonds is 0. The molecule has 1 heteroatoms. The fourth-order valence-corrected chi connectivity index (χ4v) is 0.637. The second kappa shape index (κ2) is 4.10. The predicted octanol–water partition coefficient (Wildman–Crippen LogP) is 1.65. The molecule has 0 nitrogen and oxygen atoms in total. The van der Waals surface area contributed by atoms with E-state index in [0.717, 1.165) is 0 Å². The van der Waals surface area contributed by atoms with E-state index in [1.165, 1.54) is 11.1 Å². The first-order valence-corrected chi connectivity index (χ1v) is 2.82. The Morgan fingerprint density at radius 3 is 1.22 bits per heavy atom. The Morgan fingerprint density at radius 1 is 0.778 bits per heavy atom. The fourth-order valence-electron chi connectivity index (χ4n) is 0.637. The summed E-state index contributed by atoms with van der Waals surface area (Å²) in [6.45, 7) is 4.19. The van der Waals surface area contributed by atoms with E-state index in [0.29, 0.717) is 0 Å². The molecule has 1 aromatic rings. The van der Waals surface area contributed by atoms with Crippen LogP contribution in [0.2, 0.25) is 0 Å². The van der Waals surface area contributed by atoms with Crippen molar-refractivity contribution < 1.29 is 0 Å². The van der Waals surface area contributed by atoms with Crippen molar-refractivity contribution in [2.75, 3.05) is 0 Å². The summed E-state index contributed by atoms with van der Waals surface area (Å²) < 4.78 is 0. The van der Waals surface area contributed by atoms with Crippen LogP contribution in [0.5, 0.6) is 0 Å². The summed E-state index contributed by atoms with van der Waals surface area (Å²) in [6.07, 6.45) is 0. The third-order valence-corrected chi connectivity index (χ3v) is 1.22. The summed E-state index contributed by atoms with van der Waals surface area (Å²) in [5.41, 5.74) is 2.66. The van der Waals surface area contributed by atoms with Crippen LogP contribution in [-0.2, 0) is 0 Å². The third-order valence-electron chi connectivity index (χ3n) is 1.22. The molecule has 0 atom stereocenters. The topological polar surface area (TPSA) is 0 Å². The Balaban J connectivity index is 0.000000640. The molecule has 1 rings (SSSR count). The predicted molar refractivity (Wildman–Crippen MR) is 43.1 cm³/mol. The van der Waals surface area contributed by atoms with E-state index in [9.17, 15) is 0 Å². The Bertz CT molecular complexity index is 143. The van der Waals surface area contributed by atoms with Gasteiger partial charge in [-0.2, -0.15) is 0 Å². The monoisotopic (exact) mass is 130 g/mol. The van der Waals surface area contributed by atoms with Crippen molar-refractivity contribution in [3.63, 3.8) is 0 Å². The zero-order valence-electron chi connectivity index (χ0n) is 5.31. The maximum absolute atomic E-state index is 2.12. The molecule has 0 amide bonds. The van der Waals surface area contributed by atoms with Gasteiger partial charge in [0, 0.05) is 0 Å². The van der Waals surface area contributed by atoms with Crippen LogP contribution >= 0.6 is 0 Å². The fraction of sp³-hybridized carbons (Fsp3) is 0.250. The van der Waals surface area contributed by atoms with E-state index in [2.05, 4.69) is 38.1 Å². The van der Waals surface area contributed by atoms with Gasteiger partial charge in [0.05, 0.1) is 0 Å². The number of hydrogen-bond acceptors (Lipinski definition) is 0. The van der Waals surface area contributed by atoms with Gasteiger partial charge in [0.2, 0.25) is 0 Å². The van der Waals surface area contributed by atoms with Crippen molar-refractivity contribution in [2.45, 2.75) is 13.8 Å². The van der Waals surface area contributed by atoms with Crippen LogP contribution in [0.1, 0.15) is 11.1 Å². The van der Waals surface area contributed by atoms with Gasteiger partial charge in [0.1, 0.15) is 0 Å². The SMILES string of the molecule is Cc1ccc(C)cc1.[NaH]. The van der Waals surface area contributed by atoms with Gasteiger partial charge in [-0.3, -0.25) is 0 Å². The molecule has 0 radical (unpaired) electrons. The molecule has 0 bridgehead atoms. The molecule has 0 aromatic heterocycles. The molecule has 0 saturated carbocycles. The van der Waals surface area contributed by atoms with Crippen LogP contribution in [0, 0.1) is 13.8 Å². The Morgan fingerprint density at radius 2 is 1.00 bits per heavy atom. The van der Waals surface area contributed by atoms with Crippen LogP contribution in [0.25, 0.3) is 0 Å². The Kier molecular flexibility index (Phi) is 4.20. The summed E-state index contributed by atoms with van der Waals surface area (Å²) in [4.78, 5) is 0. The first kappa shape index (κ1) is 9.22. The van der Waals surface area contributed by atoms with Gasteiger partial charge in [-0.15, -0.1) is 0 Å². The number of benzene rings is 1. The van der Waals surface area contributed by atoms with Crippen molar-refractivity contribution in [1.29, 1.82) is 0 Å². The van der Waals surface area contributed by atoms with Gasteiger partial charge in [0.25, 0.3) is 0 Å². The average molecular weight is 130 g/mol. The van der Waals surface area contributed by atoms with Crippen LogP contribution < -0.4 is 0 Å². The Labute approximate surface area is 78.6 Å². The minimum absolute atomic E-state index is 0. The summed E-state index contributed by atoms with van der Waals surface area (Å²) in [5, 5.41) is 0. The molecule has 1 aromatic carbocycles. The molecule has 0 aliphatic rings. The summed E-state index contributed by atoms with van der Waals surface area (Å²) in [6, 6.07) is 8.48. The molecular formula is C8H11Na. The third kappa shape index (κ3) is 3.04. The molecule has 0 fully saturated rings. The summed E-state index contributed by atoms with van der Waals surface area (Å²) >= 11 is 0. The van der Waals surface area contributed by atoms with Crippen molar-refractivity contribution in [3.05, 3.63) is 35.4 Å². The van der Waals surface area contributed by atoms with Crippen molar-refractivity contribution in [1.82, 2.24) is 0 Å². The van der Waals surface area contributed by atoms with Gasteiger partial charge in [-0.05, 0) is 13.8 Å². The molecule has 0 heterocycles. The second-order valence-corrected chi connectivity index (χ2v) is 2.15. The molecular weight excluding hydrogens is 119 g/mol. The van der Waals surface area contributed by atoms with Gasteiger partial charge in [-0.1, -0.05) is 35.4 Å². The zero-order valence-corrected chi connectivity index (χ0v) is 5.31. The first-order valence-electron chi connectivity index (χ1n) is 2.82. The summed E-state index contributed by atoms with van der Waals surface area (Å²) in [5.74, 6) is 0. The first-order chi connectivity index (χ1) is 3.79. The normalized spacial score (nSPS) is 8.22. The molecule has 0 unspecified atom stereocenters. The van der Waals surface area contributed by atoms with E-state index in [1.807, 2.05) is 0 Å². The molecule has 0 aliphatic carbocycles. The van der Waals surface area contributed by atoms with E-state index in [1.54, 1.807) is 0 Å². The zero-order chi connectivity index (χ0) is 5.98. The van der Waals surface area contributed by atoms with Gasteiger partial charge in [-0.25, -0.2) is 0 Å². The minimum atomic E-state index is 0. The van der Waals surface area contributed by atoms with Crippen LogP contribution in [0.3, 0.4) is 0 Å². The van der Waals surface area contributed by atoms with E-state index >= 15 is 0 Å². The van der Waals surface area contributed by atoms with Crippen LogP contribution in [0.15, 0.2) is 24.3 Å². The average Bonchev–Trinajstić information content (AvgIpc) is 1.77. The summed E-state index contributed by atoms with van der Waals surface area (Å²) in [7, 11) is 0. The Hall–Kier alpha value is 0.220. The molecule has 0 spiro atoms. The maximum atomic E-state index is 2.12. The molecule has 44 valence electrons. The van der Waals surface area contributed by atoms with Crippen molar-refractivity contribution in [2.24, 2.45) is 0 Å². The van der Waals surface area contributed by atoms with Crippen molar-refractivity contribution >= 4 is 29.6 Å². The van der Waals surface area contributed by atoms with E-state index < -0.39 is 0 Å². The number of hydrogen-bond donors (Lipinski definition) is 0. The van der Waals surface area contributed by atoms with E-state index in [4.69, 9.17) is 0 Å². The van der Waals surface area contributed by atoms with Crippen LogP contribution in [-0.4, -0.2) is 29.6 Å². The number of aryl methyl sites for hydroxylation is 2. The molecule has 9 heavy (non-hydrogen) atoms.